The zero-order chi connectivity index (χ0) is 21.8. The monoisotopic (exact) mass is 432 g/mol. The molecule has 0 saturated carbocycles. The number of hydrogen-bond acceptors (Lipinski definition) is 7. The van der Waals surface area contributed by atoms with Crippen LogP contribution in [0, 0.1) is 0 Å². The van der Waals surface area contributed by atoms with E-state index in [1.165, 1.54) is 42.4 Å². The number of rotatable bonds is 7. The molecule has 1 aromatic heterocycles. The number of benzene rings is 2. The van der Waals surface area contributed by atoms with Crippen LogP contribution in [0.15, 0.2) is 42.6 Å². The lowest BCUT2D eigenvalue weighted by molar-refractivity contribution is 0.352. The molecular weight excluding hydrogens is 400 g/mol. The van der Waals surface area contributed by atoms with Gasteiger partial charge in [-0.05, 0) is 61.6 Å². The van der Waals surface area contributed by atoms with Crippen LogP contribution >= 0.6 is 0 Å². The Labute approximate surface area is 189 Å². The first kappa shape index (κ1) is 21.0. The minimum absolute atomic E-state index is 0.695. The van der Waals surface area contributed by atoms with E-state index in [-0.39, 0.29) is 0 Å². The smallest absolute Gasteiger partial charge is 0.223 e. The third-order valence-electron chi connectivity index (χ3n) is 6.46. The number of piperazine rings is 1. The summed E-state index contributed by atoms with van der Waals surface area (Å²) in [6.45, 7) is 8.29. The van der Waals surface area contributed by atoms with Gasteiger partial charge in [0.15, 0.2) is 0 Å². The zero-order valence-electron chi connectivity index (χ0n) is 18.8. The van der Waals surface area contributed by atoms with Gasteiger partial charge in [0.1, 0.15) is 5.75 Å². The van der Waals surface area contributed by atoms with Crippen molar-refractivity contribution in [1.29, 1.82) is 0 Å². The Kier molecular flexibility index (Phi) is 6.36. The molecule has 2 fully saturated rings. The molecular formula is C25H32N6O. The molecule has 0 unspecified atom stereocenters. The van der Waals surface area contributed by atoms with Gasteiger partial charge in [0.2, 0.25) is 5.95 Å². The summed E-state index contributed by atoms with van der Waals surface area (Å²) in [6.07, 6.45) is 4.48. The van der Waals surface area contributed by atoms with Crippen LogP contribution in [0.5, 0.6) is 5.75 Å². The minimum Gasteiger partial charge on any atom is -0.497 e. The summed E-state index contributed by atoms with van der Waals surface area (Å²) in [5.41, 5.74) is 3.29. The first-order valence-electron chi connectivity index (χ1n) is 11.7. The highest BCUT2D eigenvalue weighted by Gasteiger charge is 2.17. The summed E-state index contributed by atoms with van der Waals surface area (Å²) in [5, 5.41) is 9.27. The van der Waals surface area contributed by atoms with Gasteiger partial charge in [0.25, 0.3) is 0 Å². The van der Waals surface area contributed by atoms with Gasteiger partial charge in [0.05, 0.1) is 12.8 Å². The van der Waals surface area contributed by atoms with Crippen LogP contribution in [-0.4, -0.2) is 74.3 Å². The van der Waals surface area contributed by atoms with Crippen LogP contribution in [0.3, 0.4) is 0 Å². The van der Waals surface area contributed by atoms with Gasteiger partial charge in [-0.3, -0.25) is 0 Å². The average molecular weight is 433 g/mol. The quantitative estimate of drug-likeness (QED) is 0.594. The number of hydrogen-bond donors (Lipinski definition) is 2. The Hall–Kier alpha value is -2.90. The molecule has 0 atom stereocenters. The Morgan fingerprint density at radius 2 is 1.88 bits per heavy atom. The molecule has 7 nitrogen and oxygen atoms in total. The molecule has 0 amide bonds. The number of anilines is 2. The molecule has 2 aromatic carbocycles. The number of nitrogens with one attached hydrogen (secondary N) is 2. The van der Waals surface area contributed by atoms with Crippen LogP contribution in [0.4, 0.5) is 11.6 Å². The minimum atomic E-state index is 0.695. The number of methoxy groups -OCH3 is 1. The molecule has 5 rings (SSSR count). The van der Waals surface area contributed by atoms with Crippen molar-refractivity contribution in [2.45, 2.75) is 12.8 Å². The first-order valence-corrected chi connectivity index (χ1v) is 11.7. The highest BCUT2D eigenvalue weighted by atomic mass is 16.5. The molecule has 0 radical (unpaired) electrons. The Morgan fingerprint density at radius 3 is 2.69 bits per heavy atom. The van der Waals surface area contributed by atoms with Crippen molar-refractivity contribution in [2.75, 3.05) is 69.7 Å². The summed E-state index contributed by atoms with van der Waals surface area (Å²) in [4.78, 5) is 14.2. The van der Waals surface area contributed by atoms with Crippen molar-refractivity contribution < 1.29 is 4.74 Å². The lowest BCUT2D eigenvalue weighted by atomic mass is 10.0. The third-order valence-corrected chi connectivity index (χ3v) is 6.46. The Morgan fingerprint density at radius 1 is 1.03 bits per heavy atom. The molecule has 7 heteroatoms. The highest BCUT2D eigenvalue weighted by molar-refractivity contribution is 5.98. The maximum Gasteiger partial charge on any atom is 0.223 e. The van der Waals surface area contributed by atoms with Crippen LogP contribution < -0.4 is 20.3 Å². The standard InChI is InChI=1S/C25H32N6O/c1-32-21-5-4-19-16-20(17-24(22(19)18-21)31-14-8-26-9-15-31)23-6-7-27-25(29-23)28-10-13-30-11-2-3-12-30/h4-7,16-18,26H,2-3,8-15H2,1H3,(H,27,28,29). The van der Waals surface area contributed by atoms with Crippen LogP contribution in [0.25, 0.3) is 22.0 Å². The summed E-state index contributed by atoms with van der Waals surface area (Å²) in [6, 6.07) is 12.8. The second kappa shape index (κ2) is 9.71. The molecule has 2 aliphatic rings. The second-order valence-corrected chi connectivity index (χ2v) is 8.56. The number of aromatic nitrogens is 2. The molecule has 32 heavy (non-hydrogen) atoms. The van der Waals surface area contributed by atoms with E-state index in [9.17, 15) is 0 Å². The summed E-state index contributed by atoms with van der Waals surface area (Å²) >= 11 is 0. The van der Waals surface area contributed by atoms with Crippen LogP contribution in [0.2, 0.25) is 0 Å². The maximum atomic E-state index is 5.51. The molecule has 168 valence electrons. The lowest BCUT2D eigenvalue weighted by Gasteiger charge is -2.31. The van der Waals surface area contributed by atoms with Crippen molar-refractivity contribution in [3.05, 3.63) is 42.6 Å². The van der Waals surface area contributed by atoms with Gasteiger partial charge in [-0.2, -0.15) is 0 Å². The van der Waals surface area contributed by atoms with E-state index in [1.807, 2.05) is 18.3 Å². The molecule has 0 aliphatic carbocycles. The van der Waals surface area contributed by atoms with Crippen molar-refractivity contribution >= 4 is 22.4 Å². The summed E-state index contributed by atoms with van der Waals surface area (Å²) in [5.74, 6) is 1.58. The van der Waals surface area contributed by atoms with Crippen molar-refractivity contribution in [3.63, 3.8) is 0 Å². The molecule has 3 heterocycles. The van der Waals surface area contributed by atoms with Gasteiger partial charge in [0, 0.05) is 62.1 Å². The molecule has 2 N–H and O–H groups in total. The molecule has 0 bridgehead atoms. The number of likely N-dealkylation sites (tertiary alicyclic amines) is 1. The van der Waals surface area contributed by atoms with Crippen LogP contribution in [0.1, 0.15) is 12.8 Å². The SMILES string of the molecule is COc1ccc2cc(-c3ccnc(NCCN4CCCC4)n3)cc(N3CCNCC3)c2c1. The zero-order valence-corrected chi connectivity index (χ0v) is 18.8. The molecule has 0 spiro atoms. The van der Waals surface area contributed by atoms with Gasteiger partial charge in [-0.25, -0.2) is 9.97 Å². The predicted octanol–water partition coefficient (Wildman–Crippen LogP) is 3.22. The topological polar surface area (TPSA) is 65.5 Å². The fourth-order valence-corrected chi connectivity index (χ4v) is 4.70. The predicted molar refractivity (Wildman–Crippen MR) is 131 cm³/mol. The second-order valence-electron chi connectivity index (χ2n) is 8.56. The Balaban J connectivity index is 1.44. The molecule has 2 saturated heterocycles. The average Bonchev–Trinajstić information content (AvgIpc) is 3.37. The van der Waals surface area contributed by atoms with Gasteiger partial charge >= 0.3 is 0 Å². The van der Waals surface area contributed by atoms with E-state index in [2.05, 4.69) is 49.7 Å². The van der Waals surface area contributed by atoms with Gasteiger partial charge in [-0.1, -0.05) is 6.07 Å². The van der Waals surface area contributed by atoms with E-state index in [1.54, 1.807) is 7.11 Å². The number of fused-ring (bicyclic) bond motifs is 1. The van der Waals surface area contributed by atoms with E-state index in [4.69, 9.17) is 9.72 Å². The normalized spacial score (nSPS) is 17.1. The maximum absolute atomic E-state index is 5.51. The molecule has 3 aromatic rings. The van der Waals surface area contributed by atoms with Crippen molar-refractivity contribution in [3.8, 4) is 17.0 Å². The summed E-state index contributed by atoms with van der Waals surface area (Å²) in [7, 11) is 1.72. The Bertz CT molecular complexity index is 1060. The van der Waals surface area contributed by atoms with Crippen molar-refractivity contribution in [2.24, 2.45) is 0 Å². The lowest BCUT2D eigenvalue weighted by Crippen LogP contribution is -2.43. The third kappa shape index (κ3) is 4.64. The number of ether oxygens (including phenoxy) is 1. The largest absolute Gasteiger partial charge is 0.497 e. The van der Waals surface area contributed by atoms with E-state index in [0.29, 0.717) is 5.95 Å². The van der Waals surface area contributed by atoms with E-state index >= 15 is 0 Å². The fourth-order valence-electron chi connectivity index (χ4n) is 4.70. The van der Waals surface area contributed by atoms with E-state index < -0.39 is 0 Å². The van der Waals surface area contributed by atoms with Crippen molar-refractivity contribution in [1.82, 2.24) is 20.2 Å². The first-order chi connectivity index (χ1) is 15.8. The summed E-state index contributed by atoms with van der Waals surface area (Å²) < 4.78 is 5.51. The van der Waals surface area contributed by atoms with Crippen LogP contribution in [-0.2, 0) is 0 Å². The van der Waals surface area contributed by atoms with E-state index in [0.717, 1.165) is 56.3 Å². The fraction of sp³-hybridized carbons (Fsp3) is 0.440. The highest BCUT2D eigenvalue weighted by Crippen LogP contribution is 2.35. The number of nitrogens with zero attached hydrogens (tertiary/aromatic N) is 4. The van der Waals surface area contributed by atoms with Gasteiger partial charge in [-0.15, -0.1) is 0 Å². The van der Waals surface area contributed by atoms with Gasteiger partial charge < -0.3 is 25.2 Å². The molecule has 2 aliphatic heterocycles.